The average molecular weight is 649 g/mol. The number of ether oxygens (including phenoxy) is 2. The van der Waals surface area contributed by atoms with Crippen molar-refractivity contribution < 1.29 is 59.8 Å². The Bertz CT molecular complexity index is 1400. The number of nitrogens with one attached hydrogen (secondary N) is 1. The van der Waals surface area contributed by atoms with Gasteiger partial charge in [-0.1, -0.05) is 29.8 Å². The van der Waals surface area contributed by atoms with E-state index in [1.807, 2.05) is 13.8 Å². The van der Waals surface area contributed by atoms with Crippen molar-refractivity contribution in [1.29, 1.82) is 0 Å². The molecule has 15 nitrogen and oxygen atoms in total. The molecule has 0 radical (unpaired) electrons. The van der Waals surface area contributed by atoms with Crippen LogP contribution in [0, 0.1) is 5.82 Å². The number of rotatable bonds is 6. The Morgan fingerprint density at radius 2 is 1.49 bits per heavy atom. The predicted molar refractivity (Wildman–Crippen MR) is 142 cm³/mol. The van der Waals surface area contributed by atoms with Gasteiger partial charge in [-0.2, -0.15) is 4.90 Å². The van der Waals surface area contributed by atoms with Gasteiger partial charge in [-0.3, -0.25) is 0 Å². The minimum atomic E-state index is -4.26. The lowest BCUT2D eigenvalue weighted by Crippen LogP contribution is -2.93. The van der Waals surface area contributed by atoms with Crippen molar-refractivity contribution in [1.82, 2.24) is 14.9 Å². The Morgan fingerprint density at radius 3 is 2.02 bits per heavy atom. The monoisotopic (exact) mass is 648 g/mol. The number of nitrogens with zero attached hydrogens (tertiary/aromatic N) is 3. The fourth-order valence-corrected chi connectivity index (χ4v) is 4.35. The zero-order chi connectivity index (χ0) is 31.2. The van der Waals surface area contributed by atoms with Gasteiger partial charge in [-0.15, -0.1) is 0 Å². The number of hydrogen-bond donors (Lipinski definition) is 10. The largest absolute Gasteiger partial charge is 0.493 e. The highest BCUT2D eigenvalue weighted by Gasteiger charge is 2.84. The number of anilines is 2. The molecule has 0 spiro atoms. The lowest BCUT2D eigenvalue weighted by Gasteiger charge is -2.61. The van der Waals surface area contributed by atoms with E-state index in [1.54, 1.807) is 6.07 Å². The summed E-state index contributed by atoms with van der Waals surface area (Å²) in [4.78, 5) is 7.75. The number of methoxy groups -OCH3 is 1. The first kappa shape index (κ1) is 32.7. The standard InChI is InChI=1S/C22H24BrFN4O11.C2H6/c1-28-21(34,35)19(30,31)18(29,20(32,33)22(28,36)37)8-39-16-7-14-11(6-15(16)38-2)17(26-9-25-14)27-13-4-3-10(23)5-12(13)24;1-2/h3-7,9,29-37H,8H2,1-2H3,(H,25,26,27);1-2H3. The quantitative estimate of drug-likeness (QED) is 0.144. The van der Waals surface area contributed by atoms with E-state index in [1.165, 1.54) is 31.4 Å². The molecule has 2 heterocycles. The second kappa shape index (κ2) is 11.1. The summed E-state index contributed by atoms with van der Waals surface area (Å²) < 4.78 is 25.5. The van der Waals surface area contributed by atoms with Crippen molar-refractivity contribution in [3.63, 3.8) is 0 Å². The molecule has 0 aliphatic carbocycles. The topological polar surface area (TPSA) is 242 Å². The molecular weight excluding hydrogens is 619 g/mol. The molecule has 226 valence electrons. The number of halogens is 2. The van der Waals surface area contributed by atoms with Crippen LogP contribution in [0.25, 0.3) is 10.9 Å². The van der Waals surface area contributed by atoms with Gasteiger partial charge in [0.05, 0.1) is 18.3 Å². The van der Waals surface area contributed by atoms with E-state index in [9.17, 15) is 50.3 Å². The van der Waals surface area contributed by atoms with Crippen LogP contribution in [0.1, 0.15) is 13.8 Å². The van der Waals surface area contributed by atoms with Crippen LogP contribution in [0.2, 0.25) is 0 Å². The van der Waals surface area contributed by atoms with Crippen LogP contribution in [-0.4, -0.2) is 111 Å². The van der Waals surface area contributed by atoms with Crippen molar-refractivity contribution in [2.75, 3.05) is 26.1 Å². The summed E-state index contributed by atoms with van der Waals surface area (Å²) in [6, 6.07) is 6.81. The highest BCUT2D eigenvalue weighted by molar-refractivity contribution is 9.10. The number of hydrogen-bond acceptors (Lipinski definition) is 15. The van der Waals surface area contributed by atoms with Gasteiger partial charge in [0.25, 0.3) is 23.4 Å². The van der Waals surface area contributed by atoms with Crippen molar-refractivity contribution in [3.8, 4) is 11.5 Å². The van der Waals surface area contributed by atoms with E-state index in [2.05, 4.69) is 31.2 Å². The maximum atomic E-state index is 14.4. The second-order valence-corrected chi connectivity index (χ2v) is 9.73. The maximum absolute atomic E-state index is 14.4. The van der Waals surface area contributed by atoms with Gasteiger partial charge >= 0.3 is 0 Å². The predicted octanol–water partition coefficient (Wildman–Crippen LogP) is -0.996. The smallest absolute Gasteiger partial charge is 0.289 e. The Kier molecular flexibility index (Phi) is 8.87. The van der Waals surface area contributed by atoms with E-state index in [4.69, 9.17) is 9.47 Å². The minimum Gasteiger partial charge on any atom is -0.493 e. The molecular formula is C24H30BrFN4O11. The van der Waals surface area contributed by atoms with Gasteiger partial charge in [-0.25, -0.2) is 14.4 Å². The summed E-state index contributed by atoms with van der Waals surface area (Å²) in [5.41, 5.74) is -3.76. The summed E-state index contributed by atoms with van der Waals surface area (Å²) >= 11 is 3.16. The fourth-order valence-electron chi connectivity index (χ4n) is 4.02. The third-order valence-electron chi connectivity index (χ3n) is 6.57. The summed E-state index contributed by atoms with van der Waals surface area (Å²) in [5.74, 6) is -17.5. The van der Waals surface area contributed by atoms with Crippen LogP contribution in [0.15, 0.2) is 41.1 Å². The number of fused-ring (bicyclic) bond motifs is 1. The van der Waals surface area contributed by atoms with E-state index >= 15 is 0 Å². The lowest BCUT2D eigenvalue weighted by molar-refractivity contribution is -0.592. The molecule has 4 rings (SSSR count). The van der Waals surface area contributed by atoms with Gasteiger partial charge in [0.2, 0.25) is 5.60 Å². The third kappa shape index (κ3) is 4.98. The highest BCUT2D eigenvalue weighted by Crippen LogP contribution is 2.49. The minimum absolute atomic E-state index is 0.0828. The lowest BCUT2D eigenvalue weighted by atomic mass is 9.75. The zero-order valence-electron chi connectivity index (χ0n) is 22.1. The van der Waals surface area contributed by atoms with Crippen molar-refractivity contribution in [3.05, 3.63) is 46.9 Å². The Balaban J connectivity index is 0.00000226. The molecule has 2 aromatic carbocycles. The number of piperidine rings is 1. The molecule has 1 aromatic heterocycles. The van der Waals surface area contributed by atoms with Gasteiger partial charge < -0.3 is 60.7 Å². The molecule has 0 amide bonds. The molecule has 1 fully saturated rings. The summed E-state index contributed by atoms with van der Waals surface area (Å²) in [6.45, 7) is 2.41. The number of aromatic nitrogens is 2. The van der Waals surface area contributed by atoms with Crippen molar-refractivity contribution in [2.45, 2.75) is 42.8 Å². The van der Waals surface area contributed by atoms with E-state index in [0.29, 0.717) is 11.5 Å². The molecule has 41 heavy (non-hydrogen) atoms. The summed E-state index contributed by atoms with van der Waals surface area (Å²) in [6.07, 6.45) is 1.12. The van der Waals surface area contributed by atoms with Gasteiger partial charge in [-0.05, 0) is 31.3 Å². The van der Waals surface area contributed by atoms with E-state index in [0.717, 1.165) is 6.33 Å². The third-order valence-corrected chi connectivity index (χ3v) is 7.06. The Labute approximate surface area is 240 Å². The first-order chi connectivity index (χ1) is 18.9. The van der Waals surface area contributed by atoms with Crippen LogP contribution in [0.5, 0.6) is 11.5 Å². The SMILES string of the molecule is CC.COc1cc2c(Nc3ccc(Br)cc3F)ncnc2cc1OCC1(O)C(O)(O)C(O)(O)N(C)C(O)(O)C1(O)O. The van der Waals surface area contributed by atoms with Crippen molar-refractivity contribution in [2.24, 2.45) is 0 Å². The molecule has 1 saturated heterocycles. The number of likely N-dealkylation sites (tertiary alicyclic amines) is 1. The van der Waals surface area contributed by atoms with Gasteiger partial charge in [0.1, 0.15) is 24.6 Å². The van der Waals surface area contributed by atoms with Crippen molar-refractivity contribution >= 4 is 38.3 Å². The number of aliphatic hydroxyl groups is 9. The molecule has 1 aliphatic rings. The van der Waals surface area contributed by atoms with Crippen LogP contribution >= 0.6 is 15.9 Å². The van der Waals surface area contributed by atoms with Crippen LogP contribution in [0.3, 0.4) is 0 Å². The molecule has 0 bridgehead atoms. The van der Waals surface area contributed by atoms with Crippen LogP contribution in [-0.2, 0) is 0 Å². The summed E-state index contributed by atoms with van der Waals surface area (Å²) in [5, 5.41) is 96.2. The van der Waals surface area contributed by atoms with E-state index < -0.39 is 46.3 Å². The first-order valence-electron chi connectivity index (χ1n) is 11.8. The van der Waals surface area contributed by atoms with Gasteiger partial charge in [0.15, 0.2) is 11.5 Å². The van der Waals surface area contributed by atoms with E-state index in [-0.39, 0.29) is 33.9 Å². The first-order valence-corrected chi connectivity index (χ1v) is 12.6. The molecule has 1 aliphatic heterocycles. The maximum Gasteiger partial charge on any atom is 0.289 e. The molecule has 10 N–H and O–H groups in total. The second-order valence-electron chi connectivity index (χ2n) is 8.81. The summed E-state index contributed by atoms with van der Waals surface area (Å²) in [7, 11) is 1.69. The molecule has 0 saturated carbocycles. The molecule has 0 unspecified atom stereocenters. The van der Waals surface area contributed by atoms with Gasteiger partial charge in [0, 0.05) is 15.9 Å². The normalized spacial score (nSPS) is 20.1. The zero-order valence-corrected chi connectivity index (χ0v) is 23.7. The highest BCUT2D eigenvalue weighted by atomic mass is 79.9. The number of benzene rings is 2. The fraction of sp³-hybridized carbons (Fsp3) is 0.417. The Morgan fingerprint density at radius 1 is 0.902 bits per heavy atom. The molecule has 0 atom stereocenters. The Hall–Kier alpha value is -2.81. The molecule has 17 heteroatoms. The number of likely N-dealkylation sites (N-methyl/N-ethyl adjacent to an activating group) is 1. The average Bonchev–Trinajstić information content (AvgIpc) is 2.92. The van der Waals surface area contributed by atoms with Crippen LogP contribution < -0.4 is 14.8 Å². The van der Waals surface area contributed by atoms with Crippen LogP contribution in [0.4, 0.5) is 15.9 Å². The molecule has 3 aromatic rings.